The molecule has 0 aliphatic rings. The maximum Gasteiger partial charge on any atom is 0.418 e. The maximum absolute atomic E-state index is 13.4. The summed E-state index contributed by atoms with van der Waals surface area (Å²) in [4.78, 5) is 11.7. The zero-order valence-corrected chi connectivity index (χ0v) is 12.7. The lowest BCUT2D eigenvalue weighted by Gasteiger charge is -2.14. The van der Waals surface area contributed by atoms with Crippen LogP contribution < -0.4 is 10.6 Å². The number of nitrogens with one attached hydrogen (secondary N) is 2. The largest absolute Gasteiger partial charge is 0.418 e. The Morgan fingerprint density at radius 2 is 1.67 bits per heavy atom. The highest BCUT2D eigenvalue weighted by molar-refractivity contribution is 5.76. The van der Waals surface area contributed by atoms with Gasteiger partial charge in [-0.2, -0.15) is 13.2 Å². The van der Waals surface area contributed by atoms with Crippen LogP contribution in [-0.2, 0) is 17.5 Å². The minimum Gasteiger partial charge on any atom is -0.384 e. The Balaban J connectivity index is 1.82. The second-order valence-electron chi connectivity index (χ2n) is 5.09. The van der Waals surface area contributed by atoms with Crippen molar-refractivity contribution in [1.82, 2.24) is 5.32 Å². The standard InChI is InChI=1S/C17H16F4N2O/c18-14-7-3-1-5-12(14)11-23-16(24)9-10-22-15-8-4-2-6-13(15)17(19,20)21/h1-8,22H,9-11H2,(H,23,24). The Morgan fingerprint density at radius 3 is 2.38 bits per heavy atom. The molecule has 3 nitrogen and oxygen atoms in total. The molecule has 0 fully saturated rings. The maximum atomic E-state index is 13.4. The average molecular weight is 340 g/mol. The first-order chi connectivity index (χ1) is 11.4. The minimum absolute atomic E-state index is 0.0271. The van der Waals surface area contributed by atoms with E-state index in [1.807, 2.05) is 0 Å². The molecule has 0 aliphatic heterocycles. The van der Waals surface area contributed by atoms with Gasteiger partial charge < -0.3 is 10.6 Å². The van der Waals surface area contributed by atoms with Crippen molar-refractivity contribution in [3.05, 3.63) is 65.5 Å². The quantitative estimate of drug-likeness (QED) is 0.782. The van der Waals surface area contributed by atoms with E-state index in [0.717, 1.165) is 6.07 Å². The van der Waals surface area contributed by atoms with Crippen LogP contribution >= 0.6 is 0 Å². The van der Waals surface area contributed by atoms with Crippen molar-refractivity contribution in [2.45, 2.75) is 19.1 Å². The molecule has 2 aromatic rings. The van der Waals surface area contributed by atoms with E-state index in [-0.39, 0.29) is 31.1 Å². The molecule has 0 bridgehead atoms. The van der Waals surface area contributed by atoms with Crippen LogP contribution in [0.25, 0.3) is 0 Å². The monoisotopic (exact) mass is 340 g/mol. The van der Waals surface area contributed by atoms with Crippen molar-refractivity contribution < 1.29 is 22.4 Å². The zero-order valence-electron chi connectivity index (χ0n) is 12.7. The van der Waals surface area contributed by atoms with Crippen molar-refractivity contribution in [1.29, 1.82) is 0 Å². The molecule has 0 spiro atoms. The number of anilines is 1. The highest BCUT2D eigenvalue weighted by Crippen LogP contribution is 2.34. The van der Waals surface area contributed by atoms with Gasteiger partial charge in [-0.05, 0) is 18.2 Å². The number of hydrogen-bond acceptors (Lipinski definition) is 2. The van der Waals surface area contributed by atoms with Crippen LogP contribution in [0.3, 0.4) is 0 Å². The second kappa shape index (κ2) is 7.81. The highest BCUT2D eigenvalue weighted by atomic mass is 19.4. The molecule has 0 aliphatic carbocycles. The third-order valence-electron chi connectivity index (χ3n) is 3.33. The van der Waals surface area contributed by atoms with Crippen LogP contribution in [0, 0.1) is 5.82 Å². The number of hydrogen-bond donors (Lipinski definition) is 2. The van der Waals surface area contributed by atoms with Gasteiger partial charge in [-0.15, -0.1) is 0 Å². The molecule has 7 heteroatoms. The lowest BCUT2D eigenvalue weighted by molar-refractivity contribution is -0.137. The van der Waals surface area contributed by atoms with E-state index in [1.54, 1.807) is 18.2 Å². The lowest BCUT2D eigenvalue weighted by Crippen LogP contribution is -2.25. The Labute approximate surface area is 136 Å². The summed E-state index contributed by atoms with van der Waals surface area (Å²) in [6.07, 6.45) is -4.49. The number of amides is 1. The lowest BCUT2D eigenvalue weighted by atomic mass is 10.1. The normalized spacial score (nSPS) is 11.2. The molecule has 2 N–H and O–H groups in total. The van der Waals surface area contributed by atoms with Gasteiger partial charge in [0.15, 0.2) is 0 Å². The summed E-state index contributed by atoms with van der Waals surface area (Å²) in [6, 6.07) is 11.1. The van der Waals surface area contributed by atoms with Gasteiger partial charge in [0.05, 0.1) is 5.56 Å². The number of rotatable bonds is 6. The van der Waals surface area contributed by atoms with E-state index < -0.39 is 17.6 Å². The molecule has 24 heavy (non-hydrogen) atoms. The van der Waals surface area contributed by atoms with Crippen molar-refractivity contribution in [3.63, 3.8) is 0 Å². The molecular weight excluding hydrogens is 324 g/mol. The first-order valence-electron chi connectivity index (χ1n) is 7.28. The SMILES string of the molecule is O=C(CCNc1ccccc1C(F)(F)F)NCc1ccccc1F. The van der Waals surface area contributed by atoms with Crippen molar-refractivity contribution in [2.75, 3.05) is 11.9 Å². The van der Waals surface area contributed by atoms with Crippen molar-refractivity contribution in [2.24, 2.45) is 0 Å². The molecule has 2 rings (SSSR count). The van der Waals surface area contributed by atoms with E-state index in [2.05, 4.69) is 10.6 Å². The van der Waals surface area contributed by atoms with Crippen molar-refractivity contribution in [3.8, 4) is 0 Å². The fraction of sp³-hybridized carbons (Fsp3) is 0.235. The van der Waals surface area contributed by atoms with Gasteiger partial charge in [-0.3, -0.25) is 4.79 Å². The third kappa shape index (κ3) is 4.97. The number of para-hydroxylation sites is 1. The van der Waals surface area contributed by atoms with Gasteiger partial charge in [-0.1, -0.05) is 30.3 Å². The molecule has 0 unspecified atom stereocenters. The number of alkyl halides is 3. The Kier molecular flexibility index (Phi) is 5.78. The predicted molar refractivity (Wildman–Crippen MR) is 82.8 cm³/mol. The van der Waals surface area contributed by atoms with E-state index in [4.69, 9.17) is 0 Å². The topological polar surface area (TPSA) is 41.1 Å². The Morgan fingerprint density at radius 1 is 1.00 bits per heavy atom. The van der Waals surface area contributed by atoms with Gasteiger partial charge in [0.2, 0.25) is 5.91 Å². The van der Waals surface area contributed by atoms with Gasteiger partial charge in [-0.25, -0.2) is 4.39 Å². The smallest absolute Gasteiger partial charge is 0.384 e. The summed E-state index contributed by atoms with van der Waals surface area (Å²) in [7, 11) is 0. The Bertz CT molecular complexity index is 701. The van der Waals surface area contributed by atoms with Gasteiger partial charge in [0.25, 0.3) is 0 Å². The molecule has 128 valence electrons. The number of halogens is 4. The molecule has 0 aromatic heterocycles. The molecule has 0 atom stereocenters. The first-order valence-corrected chi connectivity index (χ1v) is 7.28. The molecule has 0 heterocycles. The van der Waals surface area contributed by atoms with Crippen LogP contribution in [0.2, 0.25) is 0 Å². The van der Waals surface area contributed by atoms with Crippen LogP contribution in [-0.4, -0.2) is 12.5 Å². The number of carbonyl (C=O) groups excluding carboxylic acids is 1. The first kappa shape index (κ1) is 17.8. The van der Waals surface area contributed by atoms with Gasteiger partial charge in [0.1, 0.15) is 5.82 Å². The van der Waals surface area contributed by atoms with Crippen LogP contribution in [0.4, 0.5) is 23.2 Å². The fourth-order valence-corrected chi connectivity index (χ4v) is 2.12. The zero-order chi connectivity index (χ0) is 17.6. The van der Waals surface area contributed by atoms with E-state index in [0.29, 0.717) is 5.56 Å². The second-order valence-corrected chi connectivity index (χ2v) is 5.09. The fourth-order valence-electron chi connectivity index (χ4n) is 2.12. The summed E-state index contributed by atoms with van der Waals surface area (Å²) in [5, 5.41) is 5.14. The Hall–Kier alpha value is -2.57. The summed E-state index contributed by atoms with van der Waals surface area (Å²) in [6.45, 7) is 0.0703. The summed E-state index contributed by atoms with van der Waals surface area (Å²) < 4.78 is 51.9. The van der Waals surface area contributed by atoms with Crippen LogP contribution in [0.1, 0.15) is 17.5 Å². The molecule has 0 saturated carbocycles. The highest BCUT2D eigenvalue weighted by Gasteiger charge is 2.32. The molecule has 1 amide bonds. The van der Waals surface area contributed by atoms with E-state index >= 15 is 0 Å². The van der Waals surface area contributed by atoms with Crippen molar-refractivity contribution >= 4 is 11.6 Å². The van der Waals surface area contributed by atoms with Crippen LogP contribution in [0.5, 0.6) is 0 Å². The number of carbonyl (C=O) groups is 1. The minimum atomic E-state index is -4.46. The molecule has 0 saturated heterocycles. The summed E-state index contributed by atoms with van der Waals surface area (Å²) >= 11 is 0. The number of benzene rings is 2. The van der Waals surface area contributed by atoms with E-state index in [1.165, 1.54) is 24.3 Å². The summed E-state index contributed by atoms with van der Waals surface area (Å²) in [5.41, 5.74) is -0.509. The van der Waals surface area contributed by atoms with E-state index in [9.17, 15) is 22.4 Å². The molecule has 2 aromatic carbocycles. The average Bonchev–Trinajstić information content (AvgIpc) is 2.53. The molecular formula is C17H16F4N2O. The van der Waals surface area contributed by atoms with Gasteiger partial charge >= 0.3 is 6.18 Å². The predicted octanol–water partition coefficient (Wildman–Crippen LogP) is 3.96. The molecule has 0 radical (unpaired) electrons. The van der Waals surface area contributed by atoms with Gasteiger partial charge in [0, 0.05) is 30.8 Å². The third-order valence-corrected chi connectivity index (χ3v) is 3.33. The summed E-state index contributed by atoms with van der Waals surface area (Å²) in [5.74, 6) is -0.801. The van der Waals surface area contributed by atoms with Crippen LogP contribution in [0.15, 0.2) is 48.5 Å².